The summed E-state index contributed by atoms with van der Waals surface area (Å²) >= 11 is 0. The Kier molecular flexibility index (Phi) is 4.73. The van der Waals surface area contributed by atoms with E-state index in [0.29, 0.717) is 13.2 Å². The number of nitrogens with one attached hydrogen (secondary N) is 2. The van der Waals surface area contributed by atoms with Crippen molar-refractivity contribution in [1.82, 2.24) is 5.32 Å². The number of amides is 1. The van der Waals surface area contributed by atoms with Gasteiger partial charge in [0.15, 0.2) is 0 Å². The first kappa shape index (κ1) is 13.1. The summed E-state index contributed by atoms with van der Waals surface area (Å²) in [5, 5.41) is 6.20. The van der Waals surface area contributed by atoms with Crippen molar-refractivity contribution in [3.05, 3.63) is 29.8 Å². The van der Waals surface area contributed by atoms with Gasteiger partial charge in [0.2, 0.25) is 5.91 Å². The van der Waals surface area contributed by atoms with Gasteiger partial charge in [0, 0.05) is 24.4 Å². The third-order valence-electron chi connectivity index (χ3n) is 3.17. The molecule has 98 valence electrons. The lowest BCUT2D eigenvalue weighted by Crippen LogP contribution is -2.25. The smallest absolute Gasteiger partial charge is 0.228 e. The van der Waals surface area contributed by atoms with Gasteiger partial charge in [-0.05, 0) is 26.0 Å². The lowest BCUT2D eigenvalue weighted by atomic mass is 10.1. The van der Waals surface area contributed by atoms with Crippen LogP contribution in [0.5, 0.6) is 0 Å². The topological polar surface area (TPSA) is 50.4 Å². The van der Waals surface area contributed by atoms with Crippen LogP contribution in [-0.2, 0) is 16.1 Å². The zero-order valence-electron chi connectivity index (χ0n) is 10.7. The second-order valence-electron chi connectivity index (χ2n) is 4.47. The highest BCUT2D eigenvalue weighted by molar-refractivity contribution is 5.93. The van der Waals surface area contributed by atoms with Gasteiger partial charge in [-0.3, -0.25) is 4.79 Å². The van der Waals surface area contributed by atoms with Crippen LogP contribution in [-0.4, -0.2) is 25.6 Å². The van der Waals surface area contributed by atoms with Crippen LogP contribution in [0.4, 0.5) is 5.69 Å². The summed E-state index contributed by atoms with van der Waals surface area (Å²) in [6.07, 6.45) is 0.916. The minimum absolute atomic E-state index is 0.0881. The van der Waals surface area contributed by atoms with E-state index in [9.17, 15) is 4.79 Å². The number of anilines is 1. The maximum atomic E-state index is 12.0. The molecule has 4 nitrogen and oxygen atoms in total. The highest BCUT2D eigenvalue weighted by atomic mass is 16.5. The average Bonchev–Trinajstić information content (AvgIpc) is 2.91. The minimum atomic E-state index is 0.0881. The molecule has 1 saturated heterocycles. The van der Waals surface area contributed by atoms with E-state index in [-0.39, 0.29) is 11.8 Å². The molecule has 1 aromatic carbocycles. The predicted octanol–water partition coefficient (Wildman–Crippen LogP) is 1.77. The summed E-state index contributed by atoms with van der Waals surface area (Å²) in [5.74, 6) is 0.189. The van der Waals surface area contributed by atoms with E-state index in [1.807, 2.05) is 31.2 Å². The van der Waals surface area contributed by atoms with E-state index in [1.165, 1.54) is 0 Å². The quantitative estimate of drug-likeness (QED) is 0.835. The van der Waals surface area contributed by atoms with Crippen LogP contribution in [0.25, 0.3) is 0 Å². The third-order valence-corrected chi connectivity index (χ3v) is 3.17. The van der Waals surface area contributed by atoms with Crippen molar-refractivity contribution in [2.24, 2.45) is 5.92 Å². The van der Waals surface area contributed by atoms with E-state index in [0.717, 1.165) is 30.8 Å². The molecule has 0 radical (unpaired) electrons. The van der Waals surface area contributed by atoms with Gasteiger partial charge < -0.3 is 15.4 Å². The lowest BCUT2D eigenvalue weighted by molar-refractivity contribution is -0.119. The molecule has 1 amide bonds. The third kappa shape index (κ3) is 3.31. The SMILES string of the molecule is CCOCc1ccccc1NC(=O)C1CCNC1. The van der Waals surface area contributed by atoms with E-state index < -0.39 is 0 Å². The zero-order chi connectivity index (χ0) is 12.8. The molecule has 1 unspecified atom stereocenters. The van der Waals surface area contributed by atoms with Crippen molar-refractivity contribution in [2.45, 2.75) is 20.0 Å². The van der Waals surface area contributed by atoms with Crippen LogP contribution in [0.1, 0.15) is 18.9 Å². The molecule has 0 aromatic heterocycles. The fourth-order valence-corrected chi connectivity index (χ4v) is 2.09. The van der Waals surface area contributed by atoms with Crippen molar-refractivity contribution in [3.63, 3.8) is 0 Å². The zero-order valence-corrected chi connectivity index (χ0v) is 10.7. The van der Waals surface area contributed by atoms with Gasteiger partial charge in [-0.1, -0.05) is 18.2 Å². The maximum Gasteiger partial charge on any atom is 0.228 e. The fourth-order valence-electron chi connectivity index (χ4n) is 2.09. The van der Waals surface area contributed by atoms with E-state index in [2.05, 4.69) is 10.6 Å². The van der Waals surface area contributed by atoms with Crippen LogP contribution in [0, 0.1) is 5.92 Å². The molecule has 0 saturated carbocycles. The van der Waals surface area contributed by atoms with E-state index in [1.54, 1.807) is 0 Å². The summed E-state index contributed by atoms with van der Waals surface area (Å²) in [7, 11) is 0. The number of benzene rings is 1. The molecule has 1 aliphatic heterocycles. The fraction of sp³-hybridized carbons (Fsp3) is 0.500. The summed E-state index contributed by atoms with van der Waals surface area (Å²) in [6, 6.07) is 7.80. The van der Waals surface area contributed by atoms with Crippen LogP contribution in [0.3, 0.4) is 0 Å². The molecule has 0 bridgehead atoms. The summed E-state index contributed by atoms with van der Waals surface area (Å²) in [6.45, 7) is 4.88. The normalized spacial score (nSPS) is 18.8. The molecule has 1 fully saturated rings. The van der Waals surface area contributed by atoms with Gasteiger partial charge in [-0.25, -0.2) is 0 Å². The number of ether oxygens (including phenoxy) is 1. The van der Waals surface area contributed by atoms with E-state index in [4.69, 9.17) is 4.74 Å². The Morgan fingerprint density at radius 3 is 3.06 bits per heavy atom. The Labute approximate surface area is 108 Å². The molecule has 2 rings (SSSR count). The van der Waals surface area contributed by atoms with Crippen molar-refractivity contribution < 1.29 is 9.53 Å². The van der Waals surface area contributed by atoms with Gasteiger partial charge in [0.1, 0.15) is 0 Å². The monoisotopic (exact) mass is 248 g/mol. The van der Waals surface area contributed by atoms with Crippen molar-refractivity contribution >= 4 is 11.6 Å². The number of rotatable bonds is 5. The Morgan fingerprint density at radius 2 is 2.33 bits per heavy atom. The van der Waals surface area contributed by atoms with Gasteiger partial charge in [0.25, 0.3) is 0 Å². The molecule has 0 spiro atoms. The molecular formula is C14H20N2O2. The lowest BCUT2D eigenvalue weighted by Gasteiger charge is -2.13. The Morgan fingerprint density at radius 1 is 1.50 bits per heavy atom. The molecule has 1 atom stereocenters. The molecule has 1 aromatic rings. The molecule has 4 heteroatoms. The Hall–Kier alpha value is -1.39. The number of para-hydroxylation sites is 1. The van der Waals surface area contributed by atoms with Crippen molar-refractivity contribution in [1.29, 1.82) is 0 Å². The largest absolute Gasteiger partial charge is 0.377 e. The first-order chi connectivity index (χ1) is 8.81. The van der Waals surface area contributed by atoms with Gasteiger partial charge in [-0.2, -0.15) is 0 Å². The van der Waals surface area contributed by atoms with Gasteiger partial charge >= 0.3 is 0 Å². The second-order valence-corrected chi connectivity index (χ2v) is 4.47. The first-order valence-electron chi connectivity index (χ1n) is 6.48. The molecule has 0 aliphatic carbocycles. The number of hydrogen-bond acceptors (Lipinski definition) is 3. The minimum Gasteiger partial charge on any atom is -0.377 e. The average molecular weight is 248 g/mol. The standard InChI is InChI=1S/C14H20N2O2/c1-2-18-10-12-5-3-4-6-13(12)16-14(17)11-7-8-15-9-11/h3-6,11,15H,2,7-10H2,1H3,(H,16,17). The van der Waals surface area contributed by atoms with Crippen molar-refractivity contribution in [3.8, 4) is 0 Å². The highest BCUT2D eigenvalue weighted by Gasteiger charge is 2.22. The van der Waals surface area contributed by atoms with Crippen LogP contribution in [0.2, 0.25) is 0 Å². The van der Waals surface area contributed by atoms with Gasteiger partial charge in [0.05, 0.1) is 12.5 Å². The van der Waals surface area contributed by atoms with E-state index >= 15 is 0 Å². The molecule has 1 heterocycles. The van der Waals surface area contributed by atoms with Crippen LogP contribution in [0.15, 0.2) is 24.3 Å². The molecule has 2 N–H and O–H groups in total. The summed E-state index contributed by atoms with van der Waals surface area (Å²) in [5.41, 5.74) is 1.89. The van der Waals surface area contributed by atoms with Crippen LogP contribution >= 0.6 is 0 Å². The predicted molar refractivity (Wildman–Crippen MR) is 71.4 cm³/mol. The van der Waals surface area contributed by atoms with Crippen LogP contribution < -0.4 is 10.6 Å². The second kappa shape index (κ2) is 6.52. The van der Waals surface area contributed by atoms with Gasteiger partial charge in [-0.15, -0.1) is 0 Å². The van der Waals surface area contributed by atoms with Crippen molar-refractivity contribution in [2.75, 3.05) is 25.0 Å². The molecule has 18 heavy (non-hydrogen) atoms. The number of hydrogen-bond donors (Lipinski definition) is 2. The highest BCUT2D eigenvalue weighted by Crippen LogP contribution is 2.18. The first-order valence-corrected chi connectivity index (χ1v) is 6.48. The summed E-state index contributed by atoms with van der Waals surface area (Å²) in [4.78, 5) is 12.0. The number of carbonyl (C=O) groups excluding carboxylic acids is 1. The number of carbonyl (C=O) groups is 1. The maximum absolute atomic E-state index is 12.0. The molecular weight excluding hydrogens is 228 g/mol. The Balaban J connectivity index is 2.00. The Bertz CT molecular complexity index is 401. The summed E-state index contributed by atoms with van der Waals surface area (Å²) < 4.78 is 5.40. The molecule has 1 aliphatic rings.